The van der Waals surface area contributed by atoms with Gasteiger partial charge in [-0.05, 0) is 43.7 Å². The van der Waals surface area contributed by atoms with Crippen molar-refractivity contribution in [2.75, 3.05) is 0 Å². The zero-order valence-corrected chi connectivity index (χ0v) is 11.9. The molecule has 2 heteroatoms. The van der Waals surface area contributed by atoms with Crippen LogP contribution in [0.2, 0.25) is 0 Å². The number of rotatable bonds is 2. The van der Waals surface area contributed by atoms with Gasteiger partial charge in [0.05, 0.1) is 11.7 Å². The van der Waals surface area contributed by atoms with Gasteiger partial charge in [0, 0.05) is 5.57 Å². The summed E-state index contributed by atoms with van der Waals surface area (Å²) < 4.78 is 0. The zero-order valence-electron chi connectivity index (χ0n) is 11.9. The molecule has 2 aliphatic rings. The Morgan fingerprint density at radius 2 is 1.89 bits per heavy atom. The van der Waals surface area contributed by atoms with E-state index in [0.717, 1.165) is 11.6 Å². The van der Waals surface area contributed by atoms with E-state index < -0.39 is 0 Å². The van der Waals surface area contributed by atoms with Crippen LogP contribution in [-0.2, 0) is 0 Å². The standard InChI is InChI=1S/C17H22N2/c1-12-17(13(2)19-18-12)16-10-6-9-15(11-16)14-7-4-3-5-8-14/h6,9-12,14H,3-5,7-8H2,1-2H3. The molecule has 1 aliphatic carbocycles. The molecule has 1 saturated carbocycles. The minimum Gasteiger partial charge on any atom is -0.181 e. The van der Waals surface area contributed by atoms with Gasteiger partial charge in [-0.25, -0.2) is 0 Å². The Labute approximate surface area is 115 Å². The average Bonchev–Trinajstić information content (AvgIpc) is 2.79. The highest BCUT2D eigenvalue weighted by Gasteiger charge is 2.21. The second kappa shape index (κ2) is 5.28. The molecule has 3 rings (SSSR count). The quantitative estimate of drug-likeness (QED) is 0.682. The van der Waals surface area contributed by atoms with Gasteiger partial charge in [0.2, 0.25) is 0 Å². The van der Waals surface area contributed by atoms with Crippen LogP contribution in [0.1, 0.15) is 63.0 Å². The highest BCUT2D eigenvalue weighted by molar-refractivity contribution is 5.73. The lowest BCUT2D eigenvalue weighted by Crippen LogP contribution is -2.06. The molecular formula is C17H22N2. The Balaban J connectivity index is 1.90. The minimum atomic E-state index is 0.210. The second-order valence-electron chi connectivity index (χ2n) is 5.85. The van der Waals surface area contributed by atoms with E-state index in [2.05, 4.69) is 48.3 Å². The van der Waals surface area contributed by atoms with E-state index in [1.165, 1.54) is 48.8 Å². The number of nitrogens with zero attached hydrogens (tertiary/aromatic N) is 2. The van der Waals surface area contributed by atoms with Crippen LogP contribution in [-0.4, -0.2) is 6.04 Å². The maximum atomic E-state index is 4.27. The molecule has 1 fully saturated rings. The lowest BCUT2D eigenvalue weighted by molar-refractivity contribution is 0.443. The lowest BCUT2D eigenvalue weighted by Gasteiger charge is -2.22. The van der Waals surface area contributed by atoms with E-state index in [9.17, 15) is 0 Å². The number of allylic oxidation sites excluding steroid dienone is 1. The van der Waals surface area contributed by atoms with Gasteiger partial charge in [-0.3, -0.25) is 0 Å². The molecule has 0 N–H and O–H groups in total. The minimum absolute atomic E-state index is 0.210. The normalized spacial score (nSPS) is 24.2. The lowest BCUT2D eigenvalue weighted by atomic mass is 9.83. The molecule has 1 aliphatic heterocycles. The molecule has 2 nitrogen and oxygen atoms in total. The molecule has 100 valence electrons. The maximum absolute atomic E-state index is 4.27. The summed E-state index contributed by atoms with van der Waals surface area (Å²) in [6.45, 7) is 4.19. The number of hydrogen-bond donors (Lipinski definition) is 0. The van der Waals surface area contributed by atoms with Crippen LogP contribution in [0.25, 0.3) is 5.57 Å². The maximum Gasteiger partial charge on any atom is 0.0957 e. The predicted octanol–water partition coefficient (Wildman–Crippen LogP) is 5.32. The van der Waals surface area contributed by atoms with Crippen LogP contribution in [0.4, 0.5) is 0 Å². The number of benzene rings is 1. The Morgan fingerprint density at radius 3 is 2.58 bits per heavy atom. The fourth-order valence-electron chi connectivity index (χ4n) is 3.43. The largest absolute Gasteiger partial charge is 0.181 e. The molecule has 1 aromatic carbocycles. The zero-order chi connectivity index (χ0) is 13.2. The monoisotopic (exact) mass is 254 g/mol. The van der Waals surface area contributed by atoms with Crippen molar-refractivity contribution in [1.82, 2.24) is 0 Å². The van der Waals surface area contributed by atoms with Crippen molar-refractivity contribution in [2.45, 2.75) is 57.9 Å². The van der Waals surface area contributed by atoms with Gasteiger partial charge in [-0.2, -0.15) is 10.2 Å². The molecule has 0 spiro atoms. The fraction of sp³-hybridized carbons (Fsp3) is 0.529. The van der Waals surface area contributed by atoms with Gasteiger partial charge in [-0.15, -0.1) is 0 Å². The molecule has 0 amide bonds. The Hall–Kier alpha value is -1.44. The van der Waals surface area contributed by atoms with E-state index in [-0.39, 0.29) is 6.04 Å². The summed E-state index contributed by atoms with van der Waals surface area (Å²) in [4.78, 5) is 0. The summed E-state index contributed by atoms with van der Waals surface area (Å²) in [6, 6.07) is 9.29. The van der Waals surface area contributed by atoms with E-state index in [4.69, 9.17) is 0 Å². The molecule has 0 radical (unpaired) electrons. The summed E-state index contributed by atoms with van der Waals surface area (Å²) in [7, 11) is 0. The van der Waals surface area contributed by atoms with Crippen molar-refractivity contribution in [1.29, 1.82) is 0 Å². The topological polar surface area (TPSA) is 24.7 Å². The summed E-state index contributed by atoms with van der Waals surface area (Å²) in [5.74, 6) is 0.764. The Kier molecular flexibility index (Phi) is 3.50. The third-order valence-corrected chi connectivity index (χ3v) is 4.46. The van der Waals surface area contributed by atoms with E-state index in [1.54, 1.807) is 0 Å². The van der Waals surface area contributed by atoms with Gasteiger partial charge in [0.25, 0.3) is 0 Å². The van der Waals surface area contributed by atoms with Gasteiger partial charge < -0.3 is 0 Å². The Morgan fingerprint density at radius 1 is 1.11 bits per heavy atom. The van der Waals surface area contributed by atoms with Crippen LogP contribution in [0, 0.1) is 0 Å². The predicted molar refractivity (Wildman–Crippen MR) is 79.2 cm³/mol. The summed E-state index contributed by atoms with van der Waals surface area (Å²) in [5.41, 5.74) is 5.21. The second-order valence-corrected chi connectivity index (χ2v) is 5.85. The SMILES string of the molecule is CC1=C(c2cccc(C3CCCCC3)c2)C(C)N=N1. The molecular weight excluding hydrogens is 232 g/mol. The highest BCUT2D eigenvalue weighted by Crippen LogP contribution is 2.36. The van der Waals surface area contributed by atoms with Crippen molar-refractivity contribution in [3.63, 3.8) is 0 Å². The van der Waals surface area contributed by atoms with Crippen LogP contribution in [0.5, 0.6) is 0 Å². The molecule has 0 saturated heterocycles. The third kappa shape index (κ3) is 2.49. The summed E-state index contributed by atoms with van der Waals surface area (Å²) in [6.07, 6.45) is 6.89. The molecule has 1 unspecified atom stereocenters. The van der Waals surface area contributed by atoms with Crippen molar-refractivity contribution in [3.8, 4) is 0 Å². The first kappa shape index (κ1) is 12.6. The third-order valence-electron chi connectivity index (χ3n) is 4.46. The molecule has 1 aromatic rings. The van der Waals surface area contributed by atoms with Gasteiger partial charge in [0.1, 0.15) is 0 Å². The van der Waals surface area contributed by atoms with Crippen molar-refractivity contribution in [3.05, 3.63) is 41.1 Å². The van der Waals surface area contributed by atoms with Crippen molar-refractivity contribution >= 4 is 5.57 Å². The first-order valence-electron chi connectivity index (χ1n) is 7.47. The van der Waals surface area contributed by atoms with Crippen LogP contribution < -0.4 is 0 Å². The number of hydrogen-bond acceptors (Lipinski definition) is 2. The average molecular weight is 254 g/mol. The van der Waals surface area contributed by atoms with Crippen LogP contribution in [0.15, 0.2) is 40.2 Å². The highest BCUT2D eigenvalue weighted by atomic mass is 15.2. The van der Waals surface area contributed by atoms with E-state index in [0.29, 0.717) is 0 Å². The van der Waals surface area contributed by atoms with E-state index >= 15 is 0 Å². The Bertz CT molecular complexity index is 522. The van der Waals surface area contributed by atoms with Crippen LogP contribution >= 0.6 is 0 Å². The fourth-order valence-corrected chi connectivity index (χ4v) is 3.43. The number of azo groups is 1. The molecule has 0 bridgehead atoms. The molecule has 0 aromatic heterocycles. The molecule has 19 heavy (non-hydrogen) atoms. The van der Waals surface area contributed by atoms with Gasteiger partial charge in [-0.1, -0.05) is 43.5 Å². The summed E-state index contributed by atoms with van der Waals surface area (Å²) in [5, 5.41) is 8.49. The van der Waals surface area contributed by atoms with Crippen LogP contribution in [0.3, 0.4) is 0 Å². The summed E-state index contributed by atoms with van der Waals surface area (Å²) >= 11 is 0. The smallest absolute Gasteiger partial charge is 0.0957 e. The van der Waals surface area contributed by atoms with Crippen molar-refractivity contribution < 1.29 is 0 Å². The van der Waals surface area contributed by atoms with Gasteiger partial charge in [0.15, 0.2) is 0 Å². The van der Waals surface area contributed by atoms with Crippen molar-refractivity contribution in [2.24, 2.45) is 10.2 Å². The first-order chi connectivity index (χ1) is 9.25. The molecule has 1 heterocycles. The first-order valence-corrected chi connectivity index (χ1v) is 7.47. The van der Waals surface area contributed by atoms with E-state index in [1.807, 2.05) is 0 Å². The van der Waals surface area contributed by atoms with Gasteiger partial charge >= 0.3 is 0 Å². The molecule has 1 atom stereocenters.